The summed E-state index contributed by atoms with van der Waals surface area (Å²) in [4.78, 5) is 8.90. The molecule has 3 rings (SSSR count). The molecule has 1 aromatic rings. The minimum Gasteiger partial charge on any atom is -0.475 e. The van der Waals surface area contributed by atoms with E-state index in [0.717, 1.165) is 13.0 Å². The lowest BCUT2D eigenvalue weighted by atomic mass is 9.59. The van der Waals surface area contributed by atoms with E-state index in [0.29, 0.717) is 16.7 Å². The summed E-state index contributed by atoms with van der Waals surface area (Å²) in [6, 6.07) is 9.11. The second-order valence-corrected chi connectivity index (χ2v) is 7.33. The van der Waals surface area contributed by atoms with Gasteiger partial charge in [0, 0.05) is 5.41 Å². The highest BCUT2D eigenvalue weighted by molar-refractivity contribution is 5.73. The van der Waals surface area contributed by atoms with Gasteiger partial charge in [-0.25, -0.2) is 4.79 Å². The van der Waals surface area contributed by atoms with E-state index in [-0.39, 0.29) is 0 Å². The van der Waals surface area contributed by atoms with Crippen LogP contribution in [0.15, 0.2) is 24.3 Å². The number of carboxylic acid groups (broad SMARTS) is 1. The monoisotopic (exact) mass is 343 g/mol. The summed E-state index contributed by atoms with van der Waals surface area (Å²) in [5.74, 6) is -2.08. The second-order valence-electron chi connectivity index (χ2n) is 7.33. The maximum atomic E-state index is 10.6. The number of hydrogen-bond donors (Lipinski definition) is 2. The lowest BCUT2D eigenvalue weighted by Gasteiger charge is -2.45. The Hall–Kier alpha value is -1.56. The molecule has 1 spiro atoms. The molecule has 0 aliphatic heterocycles. The Morgan fingerprint density at radius 2 is 1.83 bits per heavy atom. The normalized spacial score (nSPS) is 23.0. The van der Waals surface area contributed by atoms with Crippen LogP contribution in [0.2, 0.25) is 0 Å². The average Bonchev–Trinajstić information content (AvgIpc) is 3.27. The molecule has 1 saturated carbocycles. The van der Waals surface area contributed by atoms with Gasteiger partial charge in [-0.1, -0.05) is 38.1 Å². The molecule has 0 bridgehead atoms. The Labute approximate surface area is 140 Å². The van der Waals surface area contributed by atoms with Gasteiger partial charge in [-0.15, -0.1) is 0 Å². The SMILES string of the molecule is CC1(C)CC(CCN)c2ccccc2C12CC2.O=C(O)C(F)(F)F. The molecule has 6 heteroatoms. The fourth-order valence-electron chi connectivity index (χ4n) is 4.10. The summed E-state index contributed by atoms with van der Waals surface area (Å²) in [7, 11) is 0. The Bertz CT molecular complexity index is 607. The van der Waals surface area contributed by atoms with E-state index >= 15 is 0 Å². The van der Waals surface area contributed by atoms with Crippen LogP contribution in [-0.2, 0) is 10.2 Å². The van der Waals surface area contributed by atoms with Crippen molar-refractivity contribution in [3.8, 4) is 0 Å². The van der Waals surface area contributed by atoms with E-state index in [1.54, 1.807) is 11.1 Å². The number of halogens is 3. The second kappa shape index (κ2) is 6.39. The molecule has 2 aliphatic carbocycles. The van der Waals surface area contributed by atoms with Gasteiger partial charge in [0.25, 0.3) is 0 Å². The molecule has 3 nitrogen and oxygen atoms in total. The highest BCUT2D eigenvalue weighted by Crippen LogP contribution is 2.66. The van der Waals surface area contributed by atoms with E-state index in [2.05, 4.69) is 38.1 Å². The molecule has 134 valence electrons. The van der Waals surface area contributed by atoms with Gasteiger partial charge in [-0.3, -0.25) is 0 Å². The van der Waals surface area contributed by atoms with Crippen LogP contribution < -0.4 is 5.73 Å². The van der Waals surface area contributed by atoms with Crippen LogP contribution in [0.1, 0.15) is 56.6 Å². The molecule has 1 aromatic carbocycles. The molecule has 1 fully saturated rings. The van der Waals surface area contributed by atoms with Gasteiger partial charge in [-0.05, 0) is 54.7 Å². The number of nitrogens with two attached hydrogens (primary N) is 1. The topological polar surface area (TPSA) is 63.3 Å². The third kappa shape index (κ3) is 3.43. The molecule has 1 unspecified atom stereocenters. The van der Waals surface area contributed by atoms with Crippen molar-refractivity contribution < 1.29 is 23.1 Å². The number of carboxylic acids is 1. The van der Waals surface area contributed by atoms with Crippen molar-refractivity contribution in [1.82, 2.24) is 0 Å². The van der Waals surface area contributed by atoms with Gasteiger partial charge in [0.15, 0.2) is 0 Å². The summed E-state index contributed by atoms with van der Waals surface area (Å²) in [6.45, 7) is 5.72. The van der Waals surface area contributed by atoms with Crippen molar-refractivity contribution in [3.05, 3.63) is 35.4 Å². The van der Waals surface area contributed by atoms with Crippen LogP contribution in [-0.4, -0.2) is 23.8 Å². The number of hydrogen-bond acceptors (Lipinski definition) is 2. The van der Waals surface area contributed by atoms with Gasteiger partial charge < -0.3 is 10.8 Å². The smallest absolute Gasteiger partial charge is 0.475 e. The van der Waals surface area contributed by atoms with Gasteiger partial charge >= 0.3 is 12.1 Å². The maximum Gasteiger partial charge on any atom is 0.490 e. The average molecular weight is 343 g/mol. The molecule has 0 saturated heterocycles. The standard InChI is InChI=1S/C16H23N.C2HF3O2/c1-15(2)11-12(7-10-17)13-5-3-4-6-14(13)16(15)8-9-16;3-2(4,5)1(6)7/h3-6,12H,7-11,17H2,1-2H3;(H,6,7). The Morgan fingerprint density at radius 1 is 1.29 bits per heavy atom. The fourth-order valence-corrected chi connectivity index (χ4v) is 4.10. The molecule has 0 heterocycles. The number of rotatable bonds is 2. The minimum atomic E-state index is -5.08. The predicted molar refractivity (Wildman–Crippen MR) is 85.9 cm³/mol. The summed E-state index contributed by atoms with van der Waals surface area (Å²) in [5, 5.41) is 7.12. The third-order valence-electron chi connectivity index (χ3n) is 5.48. The van der Waals surface area contributed by atoms with Crippen molar-refractivity contribution >= 4 is 5.97 Å². The number of fused-ring (bicyclic) bond motifs is 2. The van der Waals surface area contributed by atoms with Crippen LogP contribution in [0, 0.1) is 5.41 Å². The minimum absolute atomic E-state index is 0.446. The zero-order valence-electron chi connectivity index (χ0n) is 14.0. The van der Waals surface area contributed by atoms with E-state index in [1.807, 2.05) is 0 Å². The first kappa shape index (κ1) is 18.8. The fraction of sp³-hybridized carbons (Fsp3) is 0.611. The van der Waals surface area contributed by atoms with Gasteiger partial charge in [0.1, 0.15) is 0 Å². The van der Waals surface area contributed by atoms with Crippen molar-refractivity contribution in [1.29, 1.82) is 0 Å². The van der Waals surface area contributed by atoms with Crippen LogP contribution in [0.5, 0.6) is 0 Å². The summed E-state index contributed by atoms with van der Waals surface area (Å²) in [5.41, 5.74) is 9.96. The predicted octanol–water partition coefficient (Wildman–Crippen LogP) is 4.21. The number of alkyl halides is 3. The molecule has 3 N–H and O–H groups in total. The van der Waals surface area contributed by atoms with E-state index in [4.69, 9.17) is 15.6 Å². The first-order valence-electron chi connectivity index (χ1n) is 8.15. The number of carbonyl (C=O) groups is 1. The van der Waals surface area contributed by atoms with Crippen molar-refractivity contribution in [2.75, 3.05) is 6.54 Å². The largest absolute Gasteiger partial charge is 0.490 e. The number of aliphatic carboxylic acids is 1. The third-order valence-corrected chi connectivity index (χ3v) is 5.48. The first-order valence-corrected chi connectivity index (χ1v) is 8.15. The molecule has 0 aromatic heterocycles. The quantitative estimate of drug-likeness (QED) is 0.845. The molecule has 1 atom stereocenters. The van der Waals surface area contributed by atoms with Crippen LogP contribution in [0.3, 0.4) is 0 Å². The number of benzene rings is 1. The molecule has 0 radical (unpaired) electrons. The Balaban J connectivity index is 0.000000256. The zero-order chi connectivity index (χ0) is 18.2. The highest BCUT2D eigenvalue weighted by Gasteiger charge is 2.58. The molecule has 0 amide bonds. The van der Waals surface area contributed by atoms with Crippen molar-refractivity contribution in [2.24, 2.45) is 11.1 Å². The lowest BCUT2D eigenvalue weighted by Crippen LogP contribution is -2.37. The van der Waals surface area contributed by atoms with E-state index < -0.39 is 12.1 Å². The summed E-state index contributed by atoms with van der Waals surface area (Å²) >= 11 is 0. The lowest BCUT2D eigenvalue weighted by molar-refractivity contribution is -0.192. The maximum absolute atomic E-state index is 10.6. The summed E-state index contributed by atoms with van der Waals surface area (Å²) in [6.07, 6.45) is 0.121. The Morgan fingerprint density at radius 3 is 2.29 bits per heavy atom. The Kier molecular flexibility index (Phi) is 5.00. The highest BCUT2D eigenvalue weighted by atomic mass is 19.4. The van der Waals surface area contributed by atoms with Gasteiger partial charge in [0.05, 0.1) is 0 Å². The molecule has 24 heavy (non-hydrogen) atoms. The molecular weight excluding hydrogens is 319 g/mol. The van der Waals surface area contributed by atoms with Crippen LogP contribution in [0.4, 0.5) is 13.2 Å². The van der Waals surface area contributed by atoms with Crippen molar-refractivity contribution in [2.45, 2.75) is 57.0 Å². The molecule has 2 aliphatic rings. The summed E-state index contributed by atoms with van der Waals surface area (Å²) < 4.78 is 31.7. The zero-order valence-corrected chi connectivity index (χ0v) is 14.0. The van der Waals surface area contributed by atoms with Gasteiger partial charge in [0.2, 0.25) is 0 Å². The van der Waals surface area contributed by atoms with Crippen LogP contribution >= 0.6 is 0 Å². The van der Waals surface area contributed by atoms with E-state index in [1.165, 1.54) is 19.3 Å². The van der Waals surface area contributed by atoms with Crippen LogP contribution in [0.25, 0.3) is 0 Å². The van der Waals surface area contributed by atoms with Gasteiger partial charge in [-0.2, -0.15) is 13.2 Å². The first-order chi connectivity index (χ1) is 11.0. The van der Waals surface area contributed by atoms with E-state index in [9.17, 15) is 13.2 Å². The molecular formula is C18H24F3NO2. The van der Waals surface area contributed by atoms with Crippen molar-refractivity contribution in [3.63, 3.8) is 0 Å².